The van der Waals surface area contributed by atoms with Crippen molar-refractivity contribution in [3.8, 4) is 10.6 Å². The second-order valence-electron chi connectivity index (χ2n) is 6.92. The Morgan fingerprint density at radius 2 is 2.04 bits per heavy atom. The largest absolute Gasteiger partial charge is 0.354 e. The molecule has 1 amide bonds. The molecule has 1 aliphatic heterocycles. The van der Waals surface area contributed by atoms with Gasteiger partial charge in [0, 0.05) is 27.9 Å². The molecule has 0 unspecified atom stereocenters. The molecular weight excluding hydrogens is 410 g/mol. The molecule has 2 aromatic heterocycles. The van der Waals surface area contributed by atoms with Gasteiger partial charge in [0.25, 0.3) is 0 Å². The van der Waals surface area contributed by atoms with Gasteiger partial charge in [-0.2, -0.15) is 11.3 Å². The van der Waals surface area contributed by atoms with Crippen LogP contribution in [0.2, 0.25) is 5.02 Å². The van der Waals surface area contributed by atoms with E-state index in [1.807, 2.05) is 29.0 Å². The second-order valence-corrected chi connectivity index (χ2v) is 8.96. The molecule has 0 aliphatic carbocycles. The van der Waals surface area contributed by atoms with Crippen LogP contribution in [0, 0.1) is 0 Å². The van der Waals surface area contributed by atoms with Crippen molar-refractivity contribution >= 4 is 40.2 Å². The molecule has 4 nitrogen and oxygen atoms in total. The van der Waals surface area contributed by atoms with E-state index in [4.69, 9.17) is 11.6 Å². The minimum Gasteiger partial charge on any atom is -0.354 e. The number of likely N-dealkylation sites (tertiary alicyclic amines) is 1. The quantitative estimate of drug-likeness (QED) is 0.571. The number of nitrogens with one attached hydrogen (secondary N) is 1. The van der Waals surface area contributed by atoms with E-state index in [2.05, 4.69) is 32.7 Å². The minimum absolute atomic E-state index is 0.00146. The molecule has 28 heavy (non-hydrogen) atoms. The first kappa shape index (κ1) is 19.6. The zero-order valence-electron chi connectivity index (χ0n) is 15.4. The van der Waals surface area contributed by atoms with Crippen molar-refractivity contribution in [3.05, 3.63) is 62.8 Å². The molecule has 0 bridgehead atoms. The first-order valence-corrected chi connectivity index (χ1v) is 11.6. The number of halogens is 1. The standard InChI is InChI=1S/C21H22ClN3OS2/c22-18-6-2-1-5-17(18)19(25-8-3-4-9-25)12-23-20(26)11-16-14-28-21(24-16)15-7-10-27-13-15/h1-2,5-7,10,13-14,19H,3-4,8-9,11-12H2,(H,23,26)/t19-/m0/s1. The predicted molar refractivity (Wildman–Crippen MR) is 117 cm³/mol. The van der Waals surface area contributed by atoms with Crippen LogP contribution < -0.4 is 5.32 Å². The van der Waals surface area contributed by atoms with Crippen molar-refractivity contribution in [2.24, 2.45) is 0 Å². The van der Waals surface area contributed by atoms with Crippen molar-refractivity contribution in [2.75, 3.05) is 19.6 Å². The molecule has 146 valence electrons. The van der Waals surface area contributed by atoms with Gasteiger partial charge in [-0.05, 0) is 49.0 Å². The summed E-state index contributed by atoms with van der Waals surface area (Å²) < 4.78 is 0. The van der Waals surface area contributed by atoms with Gasteiger partial charge in [0.05, 0.1) is 18.2 Å². The third kappa shape index (κ3) is 4.63. The maximum atomic E-state index is 12.5. The summed E-state index contributed by atoms with van der Waals surface area (Å²) in [7, 11) is 0. The maximum Gasteiger partial charge on any atom is 0.226 e. The van der Waals surface area contributed by atoms with Gasteiger partial charge in [-0.3, -0.25) is 9.69 Å². The van der Waals surface area contributed by atoms with Crippen LogP contribution in [0.3, 0.4) is 0 Å². The molecule has 1 fully saturated rings. The summed E-state index contributed by atoms with van der Waals surface area (Å²) in [6.45, 7) is 2.65. The molecule has 1 aliphatic rings. The van der Waals surface area contributed by atoms with Crippen LogP contribution in [0.25, 0.3) is 10.6 Å². The number of rotatable bonds is 7. The highest BCUT2D eigenvalue weighted by Crippen LogP contribution is 2.30. The Bertz CT molecular complexity index is 919. The smallest absolute Gasteiger partial charge is 0.226 e. The van der Waals surface area contributed by atoms with Gasteiger partial charge in [-0.15, -0.1) is 11.3 Å². The van der Waals surface area contributed by atoms with Crippen molar-refractivity contribution in [2.45, 2.75) is 25.3 Å². The van der Waals surface area contributed by atoms with Gasteiger partial charge in [0.15, 0.2) is 0 Å². The van der Waals surface area contributed by atoms with E-state index < -0.39 is 0 Å². The average molecular weight is 432 g/mol. The van der Waals surface area contributed by atoms with Gasteiger partial charge in [0.1, 0.15) is 5.01 Å². The van der Waals surface area contributed by atoms with Crippen molar-refractivity contribution in [1.82, 2.24) is 15.2 Å². The Labute approximate surface area is 178 Å². The number of amides is 1. The summed E-state index contributed by atoms with van der Waals surface area (Å²) in [5, 5.41) is 10.9. The summed E-state index contributed by atoms with van der Waals surface area (Å²) in [6.07, 6.45) is 2.69. The monoisotopic (exact) mass is 431 g/mol. The number of benzene rings is 1. The fraction of sp³-hybridized carbons (Fsp3) is 0.333. The Kier molecular flexibility index (Phi) is 6.42. The molecule has 1 aromatic carbocycles. The molecule has 1 saturated heterocycles. The van der Waals surface area contributed by atoms with Crippen LogP contribution in [0.4, 0.5) is 0 Å². The average Bonchev–Trinajstić information content (AvgIpc) is 3.46. The Hall–Kier alpha value is -1.73. The minimum atomic E-state index is -0.00146. The summed E-state index contributed by atoms with van der Waals surface area (Å²) in [5.74, 6) is -0.00146. The van der Waals surface area contributed by atoms with E-state index in [1.54, 1.807) is 22.7 Å². The topological polar surface area (TPSA) is 45.2 Å². The highest BCUT2D eigenvalue weighted by molar-refractivity contribution is 7.14. The third-order valence-corrected chi connectivity index (χ3v) is 6.97. The first-order chi connectivity index (χ1) is 13.7. The summed E-state index contributed by atoms with van der Waals surface area (Å²) >= 11 is 9.68. The Morgan fingerprint density at radius 1 is 1.21 bits per heavy atom. The van der Waals surface area contributed by atoms with E-state index in [-0.39, 0.29) is 11.9 Å². The number of hydrogen-bond acceptors (Lipinski definition) is 5. The summed E-state index contributed by atoms with van der Waals surface area (Å²) in [5.41, 5.74) is 3.02. The molecular formula is C21H22ClN3OS2. The molecule has 1 atom stereocenters. The van der Waals surface area contributed by atoms with Crippen molar-refractivity contribution in [1.29, 1.82) is 0 Å². The molecule has 0 saturated carbocycles. The van der Waals surface area contributed by atoms with Gasteiger partial charge >= 0.3 is 0 Å². The number of carbonyl (C=O) groups is 1. The number of nitrogens with zero attached hydrogens (tertiary/aromatic N) is 2. The highest BCUT2D eigenvalue weighted by Gasteiger charge is 2.25. The molecule has 0 spiro atoms. The van der Waals surface area contributed by atoms with Gasteiger partial charge < -0.3 is 5.32 Å². The van der Waals surface area contributed by atoms with Crippen LogP contribution >= 0.6 is 34.3 Å². The van der Waals surface area contributed by atoms with E-state index in [9.17, 15) is 4.79 Å². The summed E-state index contributed by atoms with van der Waals surface area (Å²) in [4.78, 5) is 19.6. The highest BCUT2D eigenvalue weighted by atomic mass is 35.5. The van der Waals surface area contributed by atoms with Crippen LogP contribution in [0.15, 0.2) is 46.5 Å². The van der Waals surface area contributed by atoms with Gasteiger partial charge in [-0.1, -0.05) is 29.8 Å². The lowest BCUT2D eigenvalue weighted by Gasteiger charge is -2.29. The number of carbonyl (C=O) groups excluding carboxylic acids is 1. The van der Waals surface area contributed by atoms with E-state index >= 15 is 0 Å². The number of hydrogen-bond donors (Lipinski definition) is 1. The molecule has 7 heteroatoms. The third-order valence-electron chi connectivity index (χ3n) is 5.00. The van der Waals surface area contributed by atoms with Crippen molar-refractivity contribution in [3.63, 3.8) is 0 Å². The second kappa shape index (κ2) is 9.18. The van der Waals surface area contributed by atoms with Crippen LogP contribution in [-0.4, -0.2) is 35.4 Å². The van der Waals surface area contributed by atoms with Crippen LogP contribution in [-0.2, 0) is 11.2 Å². The molecule has 0 radical (unpaired) electrons. The van der Waals surface area contributed by atoms with E-state index in [0.717, 1.165) is 39.9 Å². The fourth-order valence-corrected chi connectivity index (χ4v) is 5.37. The number of thiazole rings is 1. The first-order valence-electron chi connectivity index (χ1n) is 9.43. The van der Waals surface area contributed by atoms with E-state index in [1.165, 1.54) is 12.8 Å². The van der Waals surface area contributed by atoms with Crippen molar-refractivity contribution < 1.29 is 4.79 Å². The molecule has 3 aromatic rings. The Morgan fingerprint density at radius 3 is 2.79 bits per heavy atom. The zero-order valence-corrected chi connectivity index (χ0v) is 17.8. The Balaban J connectivity index is 1.39. The lowest BCUT2D eigenvalue weighted by molar-refractivity contribution is -0.120. The lowest BCUT2D eigenvalue weighted by atomic mass is 10.1. The van der Waals surface area contributed by atoms with Gasteiger partial charge in [-0.25, -0.2) is 4.98 Å². The van der Waals surface area contributed by atoms with Crippen LogP contribution in [0.5, 0.6) is 0 Å². The molecule has 3 heterocycles. The molecule has 1 N–H and O–H groups in total. The van der Waals surface area contributed by atoms with Crippen LogP contribution in [0.1, 0.15) is 30.1 Å². The normalized spacial score (nSPS) is 15.6. The zero-order chi connectivity index (χ0) is 19.3. The lowest BCUT2D eigenvalue weighted by Crippen LogP contribution is -2.37. The van der Waals surface area contributed by atoms with Gasteiger partial charge in [0.2, 0.25) is 5.91 Å². The number of thiophene rings is 1. The maximum absolute atomic E-state index is 12.5. The SMILES string of the molecule is O=C(Cc1csc(-c2ccsc2)n1)NC[C@@H](c1ccccc1Cl)N1CCCC1. The number of aromatic nitrogens is 1. The molecule has 4 rings (SSSR count). The van der Waals surface area contributed by atoms with E-state index in [0.29, 0.717) is 13.0 Å². The summed E-state index contributed by atoms with van der Waals surface area (Å²) in [6, 6.07) is 10.1. The fourth-order valence-electron chi connectivity index (χ4n) is 3.58. The predicted octanol–water partition coefficient (Wildman–Crippen LogP) is 5.02.